The van der Waals surface area contributed by atoms with E-state index in [-0.39, 0.29) is 0 Å². The van der Waals surface area contributed by atoms with Crippen LogP contribution in [0.1, 0.15) is 31.6 Å². The van der Waals surface area contributed by atoms with Gasteiger partial charge in [-0.3, -0.25) is 0 Å². The minimum Gasteiger partial charge on any atom is -0.339 e. The molecule has 1 fully saturated rings. The average Bonchev–Trinajstić information content (AvgIpc) is 3.00. The second kappa shape index (κ2) is 4.58. The highest BCUT2D eigenvalue weighted by atomic mass is 32.1. The smallest absolute Gasteiger partial charge is 0.230 e. The van der Waals surface area contributed by atoms with Gasteiger partial charge in [0, 0.05) is 22.9 Å². The van der Waals surface area contributed by atoms with Crippen molar-refractivity contribution in [2.45, 2.75) is 31.7 Å². The van der Waals surface area contributed by atoms with Crippen LogP contribution in [0.15, 0.2) is 21.3 Å². The molecule has 4 nitrogen and oxygen atoms in total. The number of thiophene rings is 1. The molecule has 5 heteroatoms. The second-order valence-electron chi connectivity index (χ2n) is 4.54. The van der Waals surface area contributed by atoms with Crippen LogP contribution in [0.5, 0.6) is 0 Å². The van der Waals surface area contributed by atoms with Gasteiger partial charge in [-0.15, -0.1) is 0 Å². The summed E-state index contributed by atoms with van der Waals surface area (Å²) in [7, 11) is 0. The lowest BCUT2D eigenvalue weighted by Crippen LogP contribution is -2.34. The van der Waals surface area contributed by atoms with Gasteiger partial charge in [-0.05, 0) is 37.8 Å². The zero-order valence-corrected chi connectivity index (χ0v) is 10.5. The molecule has 0 saturated carbocycles. The summed E-state index contributed by atoms with van der Waals surface area (Å²) in [5.74, 6) is 1.91. The van der Waals surface area contributed by atoms with Crippen molar-refractivity contribution in [2.24, 2.45) is 0 Å². The summed E-state index contributed by atoms with van der Waals surface area (Å²) in [6.45, 7) is 3.23. The first-order valence-electron chi connectivity index (χ1n) is 5.92. The van der Waals surface area contributed by atoms with Crippen LogP contribution < -0.4 is 5.32 Å². The largest absolute Gasteiger partial charge is 0.339 e. The first-order valence-corrected chi connectivity index (χ1v) is 6.87. The Labute approximate surface area is 104 Å². The molecule has 90 valence electrons. The van der Waals surface area contributed by atoms with Gasteiger partial charge in [0.15, 0.2) is 0 Å². The molecule has 2 aromatic rings. The lowest BCUT2D eigenvalue weighted by atomic mass is 9.93. The molecule has 0 aromatic carbocycles. The van der Waals surface area contributed by atoms with Crippen molar-refractivity contribution in [3.8, 4) is 11.4 Å². The summed E-state index contributed by atoms with van der Waals surface area (Å²) in [6.07, 6.45) is 2.15. The molecule has 1 aliphatic rings. The summed E-state index contributed by atoms with van der Waals surface area (Å²) in [6, 6.07) is 2.55. The van der Waals surface area contributed by atoms with Crippen LogP contribution >= 0.6 is 11.3 Å². The van der Waals surface area contributed by atoms with E-state index in [2.05, 4.69) is 22.4 Å². The van der Waals surface area contributed by atoms with E-state index in [0.717, 1.165) is 30.8 Å². The van der Waals surface area contributed by atoms with E-state index >= 15 is 0 Å². The number of hydrogen-bond donors (Lipinski definition) is 1. The van der Waals surface area contributed by atoms with Crippen LogP contribution in [-0.2, 0) is 0 Å². The van der Waals surface area contributed by atoms with Gasteiger partial charge < -0.3 is 9.84 Å². The van der Waals surface area contributed by atoms with Gasteiger partial charge in [0.05, 0.1) is 0 Å². The highest BCUT2D eigenvalue weighted by molar-refractivity contribution is 7.08. The molecule has 2 aromatic heterocycles. The maximum Gasteiger partial charge on any atom is 0.230 e. The molecule has 0 radical (unpaired) electrons. The molecule has 3 heterocycles. The van der Waals surface area contributed by atoms with Gasteiger partial charge in [0.2, 0.25) is 11.7 Å². The van der Waals surface area contributed by atoms with Gasteiger partial charge >= 0.3 is 0 Å². The molecule has 3 rings (SSSR count). The predicted molar refractivity (Wildman–Crippen MR) is 67.1 cm³/mol. The van der Waals surface area contributed by atoms with Crippen LogP contribution in [0.25, 0.3) is 11.4 Å². The van der Waals surface area contributed by atoms with Crippen molar-refractivity contribution in [1.82, 2.24) is 15.5 Å². The van der Waals surface area contributed by atoms with E-state index in [4.69, 9.17) is 4.52 Å². The molecule has 2 atom stereocenters. The fourth-order valence-corrected chi connectivity index (χ4v) is 2.90. The molecule has 17 heavy (non-hydrogen) atoms. The zero-order chi connectivity index (χ0) is 11.7. The maximum atomic E-state index is 5.39. The minimum absolute atomic E-state index is 0.408. The number of aromatic nitrogens is 2. The molecule has 1 aliphatic heterocycles. The number of hydrogen-bond acceptors (Lipinski definition) is 5. The Morgan fingerprint density at radius 3 is 3.24 bits per heavy atom. The number of rotatable bonds is 2. The van der Waals surface area contributed by atoms with Crippen LogP contribution in [0.2, 0.25) is 0 Å². The normalized spacial score (nSPS) is 25.0. The Balaban J connectivity index is 1.80. The molecule has 1 saturated heterocycles. The summed E-state index contributed by atoms with van der Waals surface area (Å²) in [5, 5.41) is 11.6. The summed E-state index contributed by atoms with van der Waals surface area (Å²) >= 11 is 1.65. The molecule has 2 unspecified atom stereocenters. The van der Waals surface area contributed by atoms with E-state index in [1.54, 1.807) is 11.3 Å². The average molecular weight is 249 g/mol. The fourth-order valence-electron chi connectivity index (χ4n) is 2.27. The van der Waals surface area contributed by atoms with Crippen molar-refractivity contribution < 1.29 is 4.52 Å². The van der Waals surface area contributed by atoms with E-state index < -0.39 is 0 Å². The lowest BCUT2D eigenvalue weighted by Gasteiger charge is -2.25. The van der Waals surface area contributed by atoms with Crippen LogP contribution in [-0.4, -0.2) is 22.7 Å². The molecule has 0 bridgehead atoms. The van der Waals surface area contributed by atoms with Crippen molar-refractivity contribution in [3.05, 3.63) is 22.7 Å². The second-order valence-corrected chi connectivity index (χ2v) is 5.32. The SMILES string of the molecule is CC1CC(c2nc(-c3ccsc3)no2)CCN1. The van der Waals surface area contributed by atoms with E-state index in [1.807, 2.05) is 16.8 Å². The zero-order valence-electron chi connectivity index (χ0n) is 9.72. The van der Waals surface area contributed by atoms with Gasteiger partial charge in [-0.25, -0.2) is 0 Å². The van der Waals surface area contributed by atoms with Crippen molar-refractivity contribution in [2.75, 3.05) is 6.54 Å². The third kappa shape index (κ3) is 2.25. The Kier molecular flexibility index (Phi) is 2.94. The highest BCUT2D eigenvalue weighted by Gasteiger charge is 2.25. The third-order valence-corrected chi connectivity index (χ3v) is 3.88. The summed E-state index contributed by atoms with van der Waals surface area (Å²) in [5.41, 5.74) is 1.05. The quantitative estimate of drug-likeness (QED) is 0.889. The topological polar surface area (TPSA) is 51.0 Å². The molecular weight excluding hydrogens is 234 g/mol. The first kappa shape index (κ1) is 10.9. The van der Waals surface area contributed by atoms with Crippen LogP contribution in [0, 0.1) is 0 Å². The van der Waals surface area contributed by atoms with Gasteiger partial charge in [-0.1, -0.05) is 5.16 Å². The van der Waals surface area contributed by atoms with Crippen molar-refractivity contribution in [3.63, 3.8) is 0 Å². The standard InChI is InChI=1S/C12H15N3OS/c1-8-6-9(2-4-13-8)12-14-11(15-16-12)10-3-5-17-7-10/h3,5,7-9,13H,2,4,6H2,1H3. The van der Waals surface area contributed by atoms with Gasteiger partial charge in [-0.2, -0.15) is 16.3 Å². The Morgan fingerprint density at radius 2 is 2.47 bits per heavy atom. The number of nitrogens with zero attached hydrogens (tertiary/aromatic N) is 2. The molecule has 0 spiro atoms. The van der Waals surface area contributed by atoms with E-state index in [0.29, 0.717) is 17.8 Å². The van der Waals surface area contributed by atoms with Crippen LogP contribution in [0.3, 0.4) is 0 Å². The minimum atomic E-state index is 0.408. The molecule has 0 amide bonds. The lowest BCUT2D eigenvalue weighted by molar-refractivity contribution is 0.295. The number of nitrogens with one attached hydrogen (secondary N) is 1. The van der Waals surface area contributed by atoms with E-state index in [9.17, 15) is 0 Å². The van der Waals surface area contributed by atoms with E-state index in [1.165, 1.54) is 0 Å². The van der Waals surface area contributed by atoms with Crippen LogP contribution in [0.4, 0.5) is 0 Å². The number of piperidine rings is 1. The highest BCUT2D eigenvalue weighted by Crippen LogP contribution is 2.28. The van der Waals surface area contributed by atoms with Crippen molar-refractivity contribution >= 4 is 11.3 Å². The summed E-state index contributed by atoms with van der Waals surface area (Å²) in [4.78, 5) is 4.51. The van der Waals surface area contributed by atoms with Gasteiger partial charge in [0.25, 0.3) is 0 Å². The Bertz CT molecular complexity index is 480. The summed E-state index contributed by atoms with van der Waals surface area (Å²) < 4.78 is 5.39. The Morgan fingerprint density at radius 1 is 1.53 bits per heavy atom. The third-order valence-electron chi connectivity index (χ3n) is 3.19. The maximum absolute atomic E-state index is 5.39. The van der Waals surface area contributed by atoms with Gasteiger partial charge in [0.1, 0.15) is 0 Å². The molecular formula is C12H15N3OS. The Hall–Kier alpha value is -1.20. The monoisotopic (exact) mass is 249 g/mol. The molecule has 0 aliphatic carbocycles. The van der Waals surface area contributed by atoms with Crippen molar-refractivity contribution in [1.29, 1.82) is 0 Å². The molecule has 1 N–H and O–H groups in total. The predicted octanol–water partition coefficient (Wildman–Crippen LogP) is 2.65. The first-order chi connectivity index (χ1) is 8.33. The fraction of sp³-hybridized carbons (Fsp3) is 0.500.